The maximum atomic E-state index is 13.2. The summed E-state index contributed by atoms with van der Waals surface area (Å²) in [5.41, 5.74) is 7.31. The average Bonchev–Trinajstić information content (AvgIpc) is 2.74. The van der Waals surface area contributed by atoms with Gasteiger partial charge >= 0.3 is 0 Å². The Morgan fingerprint density at radius 3 is 2.23 bits per heavy atom. The Bertz CT molecular complexity index is 870. The summed E-state index contributed by atoms with van der Waals surface area (Å²) in [5, 5.41) is 2.96. The third kappa shape index (κ3) is 5.45. The van der Waals surface area contributed by atoms with Crippen LogP contribution in [-0.2, 0) is 21.4 Å². The highest BCUT2D eigenvalue weighted by atomic mass is 19.1. The van der Waals surface area contributed by atoms with Gasteiger partial charge in [0, 0.05) is 18.2 Å². The third-order valence-electron chi connectivity index (χ3n) is 6.05. The molecule has 0 aliphatic carbocycles. The van der Waals surface area contributed by atoms with Crippen molar-refractivity contribution >= 4 is 17.5 Å². The van der Waals surface area contributed by atoms with Crippen molar-refractivity contribution < 1.29 is 14.0 Å². The molecule has 3 rings (SSSR count). The van der Waals surface area contributed by atoms with Gasteiger partial charge in [0.1, 0.15) is 5.82 Å². The molecule has 1 saturated heterocycles. The van der Waals surface area contributed by atoms with E-state index in [4.69, 9.17) is 5.73 Å². The van der Waals surface area contributed by atoms with Crippen LogP contribution < -0.4 is 11.1 Å². The first kappa shape index (κ1) is 22.0. The molecule has 160 valence electrons. The number of hydrogen-bond acceptors (Lipinski definition) is 3. The van der Waals surface area contributed by atoms with Gasteiger partial charge in [0.2, 0.25) is 11.8 Å². The number of primary amides is 1. The number of carbonyl (C=O) groups is 2. The largest absolute Gasteiger partial charge is 0.369 e. The molecule has 2 amide bonds. The van der Waals surface area contributed by atoms with Gasteiger partial charge in [-0.1, -0.05) is 24.3 Å². The summed E-state index contributed by atoms with van der Waals surface area (Å²) >= 11 is 0. The van der Waals surface area contributed by atoms with E-state index in [9.17, 15) is 14.0 Å². The van der Waals surface area contributed by atoms with Crippen LogP contribution >= 0.6 is 0 Å². The zero-order valence-corrected chi connectivity index (χ0v) is 17.7. The fourth-order valence-electron chi connectivity index (χ4n) is 3.77. The lowest BCUT2D eigenvalue weighted by atomic mass is 9.83. The van der Waals surface area contributed by atoms with E-state index < -0.39 is 5.41 Å². The summed E-state index contributed by atoms with van der Waals surface area (Å²) in [6.45, 7) is 6.39. The second-order valence-corrected chi connectivity index (χ2v) is 8.55. The molecule has 0 spiro atoms. The summed E-state index contributed by atoms with van der Waals surface area (Å²) in [7, 11) is 0. The lowest BCUT2D eigenvalue weighted by Crippen LogP contribution is -2.39. The van der Waals surface area contributed by atoms with Crippen molar-refractivity contribution in [2.24, 2.45) is 11.7 Å². The molecule has 1 aliphatic heterocycles. The molecule has 0 saturated carbocycles. The minimum atomic E-state index is -0.774. The molecule has 3 N–H and O–H groups in total. The van der Waals surface area contributed by atoms with Crippen LogP contribution in [0.4, 0.5) is 10.1 Å². The Morgan fingerprint density at radius 2 is 1.67 bits per heavy atom. The number of likely N-dealkylation sites (tertiary alicyclic amines) is 1. The number of anilines is 1. The summed E-state index contributed by atoms with van der Waals surface area (Å²) in [4.78, 5) is 26.4. The predicted molar refractivity (Wildman–Crippen MR) is 117 cm³/mol. The van der Waals surface area contributed by atoms with E-state index >= 15 is 0 Å². The first-order chi connectivity index (χ1) is 14.3. The number of benzene rings is 2. The van der Waals surface area contributed by atoms with E-state index in [1.165, 1.54) is 17.7 Å². The first-order valence-electron chi connectivity index (χ1n) is 10.4. The Balaban J connectivity index is 1.51. The minimum Gasteiger partial charge on any atom is -0.369 e. The highest BCUT2D eigenvalue weighted by Crippen LogP contribution is 2.25. The molecule has 2 aromatic rings. The minimum absolute atomic E-state index is 0.0169. The van der Waals surface area contributed by atoms with Gasteiger partial charge in [-0.25, -0.2) is 4.39 Å². The van der Waals surface area contributed by atoms with Crippen molar-refractivity contribution in [2.45, 2.75) is 38.5 Å². The molecule has 5 nitrogen and oxygen atoms in total. The number of nitrogens with two attached hydrogens (primary N) is 1. The lowest BCUT2D eigenvalue weighted by molar-refractivity contribution is -0.123. The Morgan fingerprint density at radius 1 is 1.07 bits per heavy atom. The Labute approximate surface area is 177 Å². The predicted octanol–water partition coefficient (Wildman–Crippen LogP) is 3.48. The number of nitrogens with one attached hydrogen (secondary N) is 1. The van der Waals surface area contributed by atoms with Crippen LogP contribution in [0.3, 0.4) is 0 Å². The van der Waals surface area contributed by atoms with Crippen molar-refractivity contribution in [2.75, 3.05) is 25.0 Å². The molecule has 0 atom stereocenters. The highest BCUT2D eigenvalue weighted by molar-refractivity contribution is 5.98. The standard InChI is InChI=1S/C24H30FN3O2/c1-24(2,19-5-7-20(25)8-6-19)23(30)27-21-9-3-17(4-10-21)11-14-28-15-12-18(13-16-28)22(26)29/h3-10,18H,11-16H2,1-2H3,(H2,26,29)(H,27,30). The van der Waals surface area contributed by atoms with Gasteiger partial charge in [-0.05, 0) is 81.6 Å². The molecule has 0 bridgehead atoms. The van der Waals surface area contributed by atoms with Crippen molar-refractivity contribution in [1.29, 1.82) is 0 Å². The Hall–Kier alpha value is -2.73. The first-order valence-corrected chi connectivity index (χ1v) is 10.4. The number of halogens is 1. The van der Waals surface area contributed by atoms with Crippen LogP contribution in [0, 0.1) is 11.7 Å². The third-order valence-corrected chi connectivity index (χ3v) is 6.05. The maximum absolute atomic E-state index is 13.2. The molecular weight excluding hydrogens is 381 g/mol. The highest BCUT2D eigenvalue weighted by Gasteiger charge is 2.30. The van der Waals surface area contributed by atoms with E-state index in [0.29, 0.717) is 0 Å². The fourth-order valence-corrected chi connectivity index (χ4v) is 3.77. The lowest BCUT2D eigenvalue weighted by Gasteiger charge is -2.30. The van der Waals surface area contributed by atoms with E-state index in [1.54, 1.807) is 12.1 Å². The normalized spacial score (nSPS) is 15.7. The molecular formula is C24H30FN3O2. The van der Waals surface area contributed by atoms with Crippen LogP contribution in [0.5, 0.6) is 0 Å². The van der Waals surface area contributed by atoms with Crippen molar-refractivity contribution in [3.05, 3.63) is 65.5 Å². The molecule has 6 heteroatoms. The number of rotatable bonds is 7. The quantitative estimate of drug-likeness (QED) is 0.732. The van der Waals surface area contributed by atoms with E-state index in [1.807, 2.05) is 38.1 Å². The van der Waals surface area contributed by atoms with Gasteiger partial charge in [-0.15, -0.1) is 0 Å². The SMILES string of the molecule is CC(C)(C(=O)Nc1ccc(CCN2CCC(C(N)=O)CC2)cc1)c1ccc(F)cc1. The summed E-state index contributed by atoms with van der Waals surface area (Å²) in [6, 6.07) is 13.9. The van der Waals surface area contributed by atoms with Crippen molar-refractivity contribution in [1.82, 2.24) is 4.90 Å². The second-order valence-electron chi connectivity index (χ2n) is 8.55. The maximum Gasteiger partial charge on any atom is 0.234 e. The van der Waals surface area contributed by atoms with Crippen LogP contribution in [0.25, 0.3) is 0 Å². The summed E-state index contributed by atoms with van der Waals surface area (Å²) in [5.74, 6) is -0.625. The Kier molecular flexibility index (Phi) is 6.87. The number of carbonyl (C=O) groups excluding carboxylic acids is 2. The monoisotopic (exact) mass is 411 g/mol. The fraction of sp³-hybridized carbons (Fsp3) is 0.417. The van der Waals surface area contributed by atoms with Crippen LogP contribution in [-0.4, -0.2) is 36.3 Å². The van der Waals surface area contributed by atoms with Crippen molar-refractivity contribution in [3.63, 3.8) is 0 Å². The van der Waals surface area contributed by atoms with Gasteiger partial charge < -0.3 is 16.0 Å². The number of amides is 2. The number of nitrogens with zero attached hydrogens (tertiary/aromatic N) is 1. The molecule has 1 heterocycles. The molecule has 30 heavy (non-hydrogen) atoms. The zero-order valence-electron chi connectivity index (χ0n) is 17.7. The van der Waals surface area contributed by atoms with Gasteiger partial charge in [0.15, 0.2) is 0 Å². The van der Waals surface area contributed by atoms with Gasteiger partial charge in [-0.3, -0.25) is 9.59 Å². The van der Waals surface area contributed by atoms with E-state index in [2.05, 4.69) is 10.2 Å². The number of piperidine rings is 1. The molecule has 1 aliphatic rings. The molecule has 0 aromatic heterocycles. The second kappa shape index (κ2) is 9.39. The van der Waals surface area contributed by atoms with Crippen molar-refractivity contribution in [3.8, 4) is 0 Å². The molecule has 1 fully saturated rings. The van der Waals surface area contributed by atoms with E-state index in [-0.39, 0.29) is 23.5 Å². The van der Waals surface area contributed by atoms with Gasteiger partial charge in [0.25, 0.3) is 0 Å². The molecule has 0 unspecified atom stereocenters. The summed E-state index contributed by atoms with van der Waals surface area (Å²) < 4.78 is 13.2. The molecule has 0 radical (unpaired) electrons. The van der Waals surface area contributed by atoms with Gasteiger partial charge in [-0.2, -0.15) is 0 Å². The van der Waals surface area contributed by atoms with Crippen LogP contribution in [0.1, 0.15) is 37.8 Å². The van der Waals surface area contributed by atoms with Crippen LogP contribution in [0.2, 0.25) is 0 Å². The smallest absolute Gasteiger partial charge is 0.234 e. The number of hydrogen-bond donors (Lipinski definition) is 2. The summed E-state index contributed by atoms with van der Waals surface area (Å²) in [6.07, 6.45) is 2.59. The topological polar surface area (TPSA) is 75.4 Å². The van der Waals surface area contributed by atoms with Crippen LogP contribution in [0.15, 0.2) is 48.5 Å². The van der Waals surface area contributed by atoms with Gasteiger partial charge in [0.05, 0.1) is 5.41 Å². The zero-order chi connectivity index (χ0) is 21.7. The molecule has 2 aromatic carbocycles. The van der Waals surface area contributed by atoms with E-state index in [0.717, 1.165) is 50.1 Å². The average molecular weight is 412 g/mol.